The van der Waals surface area contributed by atoms with Crippen molar-refractivity contribution in [3.8, 4) is 5.75 Å². The molecule has 0 radical (unpaired) electrons. The quantitative estimate of drug-likeness (QED) is 0.573. The second-order valence-corrected chi connectivity index (χ2v) is 6.06. The Kier molecular flexibility index (Phi) is 7.57. The summed E-state index contributed by atoms with van der Waals surface area (Å²) in [5.74, 6) is -0.706. The first-order valence-corrected chi connectivity index (χ1v) is 8.49. The van der Waals surface area contributed by atoms with E-state index in [-0.39, 0.29) is 13.2 Å². The molecule has 2 amide bonds. The molecule has 0 aliphatic heterocycles. The van der Waals surface area contributed by atoms with Crippen LogP contribution >= 0.6 is 23.2 Å². The lowest BCUT2D eigenvalue weighted by molar-refractivity contribution is -0.139. The van der Waals surface area contributed by atoms with Crippen LogP contribution in [0.3, 0.4) is 0 Å². The Morgan fingerprint density at radius 2 is 1.32 bits per heavy atom. The molecule has 0 bridgehead atoms. The van der Waals surface area contributed by atoms with Crippen molar-refractivity contribution in [2.24, 2.45) is 0 Å². The number of amides is 2. The first-order valence-electron chi connectivity index (χ1n) is 7.73. The van der Waals surface area contributed by atoms with Crippen LogP contribution in [-0.2, 0) is 16.0 Å². The highest BCUT2D eigenvalue weighted by Crippen LogP contribution is 2.15. The zero-order valence-corrected chi connectivity index (χ0v) is 14.9. The average Bonchev–Trinajstić information content (AvgIpc) is 2.61. The van der Waals surface area contributed by atoms with Gasteiger partial charge in [0, 0.05) is 16.6 Å². The van der Waals surface area contributed by atoms with E-state index in [4.69, 9.17) is 27.9 Å². The lowest BCUT2D eigenvalue weighted by atomic mass is 10.1. The van der Waals surface area contributed by atoms with Crippen molar-refractivity contribution < 1.29 is 14.3 Å². The molecule has 25 heavy (non-hydrogen) atoms. The molecular weight excluding hydrogens is 363 g/mol. The monoisotopic (exact) mass is 380 g/mol. The van der Waals surface area contributed by atoms with E-state index in [1.54, 1.807) is 36.4 Å². The van der Waals surface area contributed by atoms with E-state index in [2.05, 4.69) is 10.6 Å². The van der Waals surface area contributed by atoms with Crippen molar-refractivity contribution in [3.05, 3.63) is 64.1 Å². The molecule has 0 saturated carbocycles. The van der Waals surface area contributed by atoms with Crippen LogP contribution in [0, 0.1) is 0 Å². The van der Waals surface area contributed by atoms with Gasteiger partial charge in [-0.15, -0.1) is 0 Å². The number of carbonyl (C=O) groups is 2. The summed E-state index contributed by atoms with van der Waals surface area (Å²) in [6.45, 7) is 0.854. The van der Waals surface area contributed by atoms with E-state index in [1.807, 2.05) is 12.1 Å². The number of hydrogen-bond donors (Lipinski definition) is 2. The van der Waals surface area contributed by atoms with Crippen LogP contribution in [0.2, 0.25) is 10.0 Å². The molecular formula is C18H18Cl2N2O3. The van der Waals surface area contributed by atoms with E-state index in [0.717, 1.165) is 5.56 Å². The molecule has 0 atom stereocenters. The van der Waals surface area contributed by atoms with E-state index >= 15 is 0 Å². The predicted octanol–water partition coefficient (Wildman–Crippen LogP) is 2.85. The van der Waals surface area contributed by atoms with Gasteiger partial charge in [-0.2, -0.15) is 0 Å². The topological polar surface area (TPSA) is 67.4 Å². The lowest BCUT2D eigenvalue weighted by Crippen LogP contribution is -2.42. The first-order chi connectivity index (χ1) is 12.0. The summed E-state index contributed by atoms with van der Waals surface area (Å²) >= 11 is 11.6. The smallest absolute Gasteiger partial charge is 0.309 e. The van der Waals surface area contributed by atoms with Gasteiger partial charge in [0.15, 0.2) is 0 Å². The molecule has 0 spiro atoms. The third kappa shape index (κ3) is 7.03. The number of halogens is 2. The summed E-state index contributed by atoms with van der Waals surface area (Å²) < 4.78 is 5.42. The van der Waals surface area contributed by atoms with E-state index < -0.39 is 11.8 Å². The number of rotatable bonds is 7. The Bertz CT molecular complexity index is 703. The minimum atomic E-state index is -0.684. The minimum absolute atomic E-state index is 0.228. The molecule has 0 aromatic heterocycles. The van der Waals surface area contributed by atoms with Crippen LogP contribution in [0.1, 0.15) is 5.56 Å². The molecule has 2 N–H and O–H groups in total. The number of carbonyl (C=O) groups excluding carboxylic acids is 2. The van der Waals surface area contributed by atoms with Crippen LogP contribution in [0.25, 0.3) is 0 Å². The number of benzene rings is 2. The largest absolute Gasteiger partial charge is 0.492 e. The summed E-state index contributed by atoms with van der Waals surface area (Å²) in [5, 5.41) is 6.35. The molecule has 0 fully saturated rings. The molecule has 0 saturated heterocycles. The minimum Gasteiger partial charge on any atom is -0.492 e. The zero-order chi connectivity index (χ0) is 18.1. The van der Waals surface area contributed by atoms with Crippen LogP contribution in [-0.4, -0.2) is 31.5 Å². The van der Waals surface area contributed by atoms with Crippen molar-refractivity contribution in [2.45, 2.75) is 6.42 Å². The maximum Gasteiger partial charge on any atom is 0.309 e. The summed E-state index contributed by atoms with van der Waals surface area (Å²) in [6.07, 6.45) is 0.621. The molecule has 5 nitrogen and oxygen atoms in total. The SMILES string of the molecule is O=C(NCCOc1ccc(Cl)cc1)C(=O)NCCc1ccc(Cl)cc1. The maximum absolute atomic E-state index is 11.7. The fraction of sp³-hybridized carbons (Fsp3) is 0.222. The van der Waals surface area contributed by atoms with Crippen molar-refractivity contribution in [1.29, 1.82) is 0 Å². The Labute approximate surface area is 156 Å². The molecule has 0 unspecified atom stereocenters. The summed E-state index contributed by atoms with van der Waals surface area (Å²) in [5.41, 5.74) is 1.03. The van der Waals surface area contributed by atoms with E-state index in [0.29, 0.717) is 28.8 Å². The maximum atomic E-state index is 11.7. The van der Waals surface area contributed by atoms with Crippen molar-refractivity contribution in [3.63, 3.8) is 0 Å². The van der Waals surface area contributed by atoms with E-state index in [9.17, 15) is 9.59 Å². The van der Waals surface area contributed by atoms with Crippen LogP contribution < -0.4 is 15.4 Å². The summed E-state index contributed by atoms with van der Waals surface area (Å²) in [7, 11) is 0. The van der Waals surface area contributed by atoms with Crippen LogP contribution in [0.5, 0.6) is 5.75 Å². The van der Waals surface area contributed by atoms with Gasteiger partial charge in [0.25, 0.3) is 0 Å². The highest BCUT2D eigenvalue weighted by Gasteiger charge is 2.11. The molecule has 0 aliphatic rings. The third-order valence-electron chi connectivity index (χ3n) is 3.29. The van der Waals surface area contributed by atoms with Crippen LogP contribution in [0.4, 0.5) is 0 Å². The molecule has 2 aromatic carbocycles. The fourth-order valence-corrected chi connectivity index (χ4v) is 2.25. The number of ether oxygens (including phenoxy) is 1. The van der Waals surface area contributed by atoms with Gasteiger partial charge in [0.1, 0.15) is 12.4 Å². The van der Waals surface area contributed by atoms with Gasteiger partial charge in [-0.05, 0) is 48.4 Å². The van der Waals surface area contributed by atoms with Gasteiger partial charge in [-0.3, -0.25) is 9.59 Å². The van der Waals surface area contributed by atoms with E-state index in [1.165, 1.54) is 0 Å². The predicted molar refractivity (Wildman–Crippen MR) is 98.1 cm³/mol. The highest BCUT2D eigenvalue weighted by atomic mass is 35.5. The third-order valence-corrected chi connectivity index (χ3v) is 3.79. The molecule has 2 aromatic rings. The lowest BCUT2D eigenvalue weighted by Gasteiger charge is -2.08. The van der Waals surface area contributed by atoms with Gasteiger partial charge >= 0.3 is 11.8 Å². The molecule has 0 aliphatic carbocycles. The van der Waals surface area contributed by atoms with Gasteiger partial charge in [-0.25, -0.2) is 0 Å². The molecule has 0 heterocycles. The van der Waals surface area contributed by atoms with Crippen molar-refractivity contribution in [1.82, 2.24) is 10.6 Å². The van der Waals surface area contributed by atoms with Gasteiger partial charge < -0.3 is 15.4 Å². The Hall–Kier alpha value is -2.24. The zero-order valence-electron chi connectivity index (χ0n) is 13.4. The van der Waals surface area contributed by atoms with Gasteiger partial charge in [0.2, 0.25) is 0 Å². The summed E-state index contributed by atoms with van der Waals surface area (Å²) in [4.78, 5) is 23.4. The standard InChI is InChI=1S/C18H18Cl2N2O3/c19-14-3-1-13(2-4-14)9-10-21-17(23)18(24)22-11-12-25-16-7-5-15(20)6-8-16/h1-8H,9-12H2,(H,21,23)(H,22,24). The van der Waals surface area contributed by atoms with Gasteiger partial charge in [-0.1, -0.05) is 35.3 Å². The molecule has 132 valence electrons. The second kappa shape index (κ2) is 9.91. The van der Waals surface area contributed by atoms with Crippen molar-refractivity contribution >= 4 is 35.0 Å². The second-order valence-electron chi connectivity index (χ2n) is 5.19. The van der Waals surface area contributed by atoms with Gasteiger partial charge in [0.05, 0.1) is 6.54 Å². The van der Waals surface area contributed by atoms with Crippen molar-refractivity contribution in [2.75, 3.05) is 19.7 Å². The Morgan fingerprint density at radius 3 is 1.92 bits per heavy atom. The average molecular weight is 381 g/mol. The Balaban J connectivity index is 1.60. The molecule has 7 heteroatoms. The first kappa shape index (κ1) is 19.1. The fourth-order valence-electron chi connectivity index (χ4n) is 2.00. The number of nitrogens with one attached hydrogen (secondary N) is 2. The Morgan fingerprint density at radius 1 is 0.800 bits per heavy atom. The highest BCUT2D eigenvalue weighted by molar-refractivity contribution is 6.35. The number of hydrogen-bond acceptors (Lipinski definition) is 3. The normalized spacial score (nSPS) is 10.2. The molecule has 2 rings (SSSR count). The van der Waals surface area contributed by atoms with Crippen LogP contribution in [0.15, 0.2) is 48.5 Å². The summed E-state index contributed by atoms with van der Waals surface area (Å²) in [6, 6.07) is 14.2.